The van der Waals surface area contributed by atoms with E-state index >= 15 is 0 Å². The van der Waals surface area contributed by atoms with E-state index in [1.807, 2.05) is 20.8 Å². The van der Waals surface area contributed by atoms with Crippen LogP contribution in [0.1, 0.15) is 27.2 Å². The first-order valence-corrected chi connectivity index (χ1v) is 5.10. The van der Waals surface area contributed by atoms with Gasteiger partial charge in [0, 0.05) is 20.0 Å². The molecule has 0 spiro atoms. The Bertz CT molecular complexity index is 259. The quantitative estimate of drug-likeness (QED) is 0.310. The number of likely N-dealkylation sites (N-methyl/N-ethyl adjacent to an activating group) is 1. The predicted molar refractivity (Wildman–Crippen MR) is 61.4 cm³/mol. The molecule has 0 aliphatic rings. The van der Waals surface area contributed by atoms with Gasteiger partial charge in [-0.05, 0) is 20.8 Å². The fourth-order valence-corrected chi connectivity index (χ4v) is 0.845. The Morgan fingerprint density at radius 1 is 1.50 bits per heavy atom. The summed E-state index contributed by atoms with van der Waals surface area (Å²) in [7, 11) is 1.65. The number of amidine groups is 1. The highest BCUT2D eigenvalue weighted by molar-refractivity contribution is 5.81. The van der Waals surface area contributed by atoms with Gasteiger partial charge in [0.1, 0.15) is 12.4 Å². The monoisotopic (exact) mass is 231 g/mol. The van der Waals surface area contributed by atoms with Crippen LogP contribution in [-0.4, -0.2) is 47.7 Å². The van der Waals surface area contributed by atoms with E-state index in [0.717, 1.165) is 0 Å². The van der Waals surface area contributed by atoms with E-state index in [9.17, 15) is 4.79 Å². The number of rotatable bonds is 5. The van der Waals surface area contributed by atoms with E-state index in [2.05, 4.69) is 5.16 Å². The summed E-state index contributed by atoms with van der Waals surface area (Å²) < 4.78 is 5.34. The topological polar surface area (TPSA) is 88.1 Å². The van der Waals surface area contributed by atoms with Gasteiger partial charge in [-0.1, -0.05) is 5.16 Å². The summed E-state index contributed by atoms with van der Waals surface area (Å²) in [6.07, 6.45) is 0.342. The summed E-state index contributed by atoms with van der Waals surface area (Å²) in [5, 5.41) is 11.2. The molecule has 0 atom stereocenters. The maximum Gasteiger partial charge on any atom is 0.248 e. The van der Waals surface area contributed by atoms with Crippen LogP contribution in [0, 0.1) is 0 Å². The number of amides is 1. The van der Waals surface area contributed by atoms with Crippen molar-refractivity contribution in [3.63, 3.8) is 0 Å². The van der Waals surface area contributed by atoms with Crippen LogP contribution >= 0.6 is 0 Å². The average Bonchev–Trinajstić information content (AvgIpc) is 2.20. The first-order valence-electron chi connectivity index (χ1n) is 5.10. The van der Waals surface area contributed by atoms with Crippen molar-refractivity contribution in [3.05, 3.63) is 0 Å². The number of nitrogens with two attached hydrogens (primary N) is 1. The second-order valence-corrected chi connectivity index (χ2v) is 4.56. The van der Waals surface area contributed by atoms with Crippen molar-refractivity contribution in [2.24, 2.45) is 10.9 Å². The molecule has 0 saturated heterocycles. The van der Waals surface area contributed by atoms with Crippen molar-refractivity contribution in [1.29, 1.82) is 0 Å². The highest BCUT2D eigenvalue weighted by Crippen LogP contribution is 2.06. The molecule has 0 radical (unpaired) electrons. The van der Waals surface area contributed by atoms with Crippen molar-refractivity contribution in [3.8, 4) is 0 Å². The molecule has 0 aliphatic carbocycles. The van der Waals surface area contributed by atoms with Gasteiger partial charge in [0.15, 0.2) is 0 Å². The second-order valence-electron chi connectivity index (χ2n) is 4.56. The zero-order valence-corrected chi connectivity index (χ0v) is 10.4. The number of ether oxygens (including phenoxy) is 1. The van der Waals surface area contributed by atoms with Crippen LogP contribution in [0.5, 0.6) is 0 Å². The van der Waals surface area contributed by atoms with Crippen LogP contribution < -0.4 is 5.73 Å². The summed E-state index contributed by atoms with van der Waals surface area (Å²) in [6, 6.07) is 0. The molecule has 0 bridgehead atoms. The number of hydrogen-bond donors (Lipinski definition) is 2. The van der Waals surface area contributed by atoms with Gasteiger partial charge in [0.05, 0.1) is 5.60 Å². The molecule has 6 heteroatoms. The summed E-state index contributed by atoms with van der Waals surface area (Å²) in [5.74, 6) is -0.0166. The first-order chi connectivity index (χ1) is 7.26. The molecule has 0 aliphatic heterocycles. The van der Waals surface area contributed by atoms with Crippen LogP contribution in [0.4, 0.5) is 0 Å². The molecule has 16 heavy (non-hydrogen) atoms. The summed E-state index contributed by atoms with van der Waals surface area (Å²) in [6.45, 7) is 6.10. The number of nitrogens with zero attached hydrogens (tertiary/aromatic N) is 2. The molecule has 0 heterocycles. The molecular formula is C10H21N3O3. The molecule has 3 N–H and O–H groups in total. The van der Waals surface area contributed by atoms with Crippen molar-refractivity contribution in [2.45, 2.75) is 32.8 Å². The Kier molecular flexibility index (Phi) is 5.81. The van der Waals surface area contributed by atoms with Gasteiger partial charge < -0.3 is 20.6 Å². The molecule has 94 valence electrons. The highest BCUT2D eigenvalue weighted by atomic mass is 16.5. The van der Waals surface area contributed by atoms with E-state index < -0.39 is 0 Å². The zero-order valence-electron chi connectivity index (χ0n) is 10.4. The fourth-order valence-electron chi connectivity index (χ4n) is 0.845. The Morgan fingerprint density at radius 3 is 2.50 bits per heavy atom. The predicted octanol–water partition coefficient (Wildman–Crippen LogP) is 0.396. The third-order valence-electron chi connectivity index (χ3n) is 1.89. The molecule has 1 amide bonds. The summed E-state index contributed by atoms with van der Waals surface area (Å²) in [4.78, 5) is 13.0. The minimum absolute atomic E-state index is 0.0379. The van der Waals surface area contributed by atoms with Gasteiger partial charge in [-0.15, -0.1) is 0 Å². The number of carbonyl (C=O) groups is 1. The smallest absolute Gasteiger partial charge is 0.248 e. The average molecular weight is 231 g/mol. The standard InChI is InChI=1S/C10H21N3O3/c1-10(2,3)16-7-9(14)13(4)6-5-8(11)12-15/h15H,5-7H2,1-4H3,(H2,11,12). The number of oxime groups is 1. The maximum atomic E-state index is 11.5. The van der Waals surface area contributed by atoms with E-state index in [1.165, 1.54) is 4.90 Å². The Labute approximate surface area is 96.0 Å². The van der Waals surface area contributed by atoms with E-state index in [0.29, 0.717) is 13.0 Å². The van der Waals surface area contributed by atoms with Gasteiger partial charge in [-0.2, -0.15) is 0 Å². The first kappa shape index (κ1) is 14.7. The summed E-state index contributed by atoms with van der Waals surface area (Å²) in [5.41, 5.74) is 4.96. The Hall–Kier alpha value is -1.30. The van der Waals surface area contributed by atoms with Gasteiger partial charge in [-0.25, -0.2) is 0 Å². The molecule has 0 aromatic carbocycles. The SMILES string of the molecule is CN(CCC(N)=NO)C(=O)COC(C)(C)C. The van der Waals surface area contributed by atoms with Crippen molar-refractivity contribution < 1.29 is 14.7 Å². The van der Waals surface area contributed by atoms with Crippen LogP contribution in [0.25, 0.3) is 0 Å². The number of carbonyl (C=O) groups excluding carboxylic acids is 1. The third-order valence-corrected chi connectivity index (χ3v) is 1.89. The second kappa shape index (κ2) is 6.32. The minimum atomic E-state index is -0.331. The number of hydrogen-bond acceptors (Lipinski definition) is 4. The Balaban J connectivity index is 3.91. The molecule has 0 aromatic rings. The molecule has 6 nitrogen and oxygen atoms in total. The van der Waals surface area contributed by atoms with Crippen molar-refractivity contribution >= 4 is 11.7 Å². The summed E-state index contributed by atoms with van der Waals surface area (Å²) >= 11 is 0. The van der Waals surface area contributed by atoms with Crippen LogP contribution in [0.3, 0.4) is 0 Å². The largest absolute Gasteiger partial charge is 0.409 e. The molecule has 0 aromatic heterocycles. The molecule has 0 fully saturated rings. The van der Waals surface area contributed by atoms with E-state index in [-0.39, 0.29) is 24.0 Å². The van der Waals surface area contributed by atoms with Gasteiger partial charge in [0.2, 0.25) is 5.91 Å². The van der Waals surface area contributed by atoms with Gasteiger partial charge in [0.25, 0.3) is 0 Å². The lowest BCUT2D eigenvalue weighted by atomic mass is 10.2. The lowest BCUT2D eigenvalue weighted by Gasteiger charge is -2.22. The molecule has 0 unspecified atom stereocenters. The Morgan fingerprint density at radius 2 is 2.06 bits per heavy atom. The highest BCUT2D eigenvalue weighted by Gasteiger charge is 2.15. The maximum absolute atomic E-state index is 11.5. The van der Waals surface area contributed by atoms with Gasteiger partial charge in [-0.3, -0.25) is 4.79 Å². The fraction of sp³-hybridized carbons (Fsp3) is 0.800. The van der Waals surface area contributed by atoms with E-state index in [1.54, 1.807) is 7.05 Å². The lowest BCUT2D eigenvalue weighted by molar-refractivity contribution is -0.139. The molecular weight excluding hydrogens is 210 g/mol. The van der Waals surface area contributed by atoms with E-state index in [4.69, 9.17) is 15.7 Å². The molecule has 0 saturated carbocycles. The normalized spacial score (nSPS) is 12.6. The van der Waals surface area contributed by atoms with Crippen LogP contribution in [0.15, 0.2) is 5.16 Å². The van der Waals surface area contributed by atoms with Crippen molar-refractivity contribution in [1.82, 2.24) is 4.90 Å². The van der Waals surface area contributed by atoms with Crippen LogP contribution in [0.2, 0.25) is 0 Å². The zero-order chi connectivity index (χ0) is 12.8. The lowest BCUT2D eigenvalue weighted by Crippen LogP contribution is -2.35. The van der Waals surface area contributed by atoms with Gasteiger partial charge >= 0.3 is 0 Å². The third kappa shape index (κ3) is 7.05. The molecule has 0 rings (SSSR count). The van der Waals surface area contributed by atoms with Crippen LogP contribution in [-0.2, 0) is 9.53 Å². The van der Waals surface area contributed by atoms with Crippen molar-refractivity contribution in [2.75, 3.05) is 20.2 Å². The minimum Gasteiger partial charge on any atom is -0.409 e.